The van der Waals surface area contributed by atoms with Gasteiger partial charge in [-0.25, -0.2) is 0 Å². The van der Waals surface area contributed by atoms with Gasteiger partial charge >= 0.3 is 0 Å². The van der Waals surface area contributed by atoms with Gasteiger partial charge in [0.2, 0.25) is 11.7 Å². The molecule has 3 aromatic rings. The Morgan fingerprint density at radius 3 is 2.86 bits per heavy atom. The summed E-state index contributed by atoms with van der Waals surface area (Å²) in [6, 6.07) is 15.0. The zero-order valence-corrected chi connectivity index (χ0v) is 15.5. The van der Waals surface area contributed by atoms with E-state index in [-0.39, 0.29) is 18.3 Å². The lowest BCUT2D eigenvalue weighted by molar-refractivity contribution is 0.0792. The molecule has 28 heavy (non-hydrogen) atoms. The maximum Gasteiger partial charge on any atom is 0.240 e. The molecule has 0 spiro atoms. The number of likely N-dealkylation sites (tertiary alicyclic amines) is 1. The number of carbonyl (C=O) groups excluding carboxylic acids is 1. The molecule has 1 atom stereocenters. The van der Waals surface area contributed by atoms with Crippen LogP contribution in [0.5, 0.6) is 5.75 Å². The molecule has 1 aliphatic rings. The first-order valence-electron chi connectivity index (χ1n) is 9.45. The van der Waals surface area contributed by atoms with Crippen LogP contribution in [-0.2, 0) is 13.2 Å². The maximum absolute atomic E-state index is 12.7. The molecule has 0 aliphatic carbocycles. The van der Waals surface area contributed by atoms with Crippen LogP contribution in [0, 0.1) is 5.92 Å². The third kappa shape index (κ3) is 4.61. The van der Waals surface area contributed by atoms with Crippen molar-refractivity contribution < 1.29 is 14.1 Å². The van der Waals surface area contributed by atoms with Gasteiger partial charge in [0.25, 0.3) is 0 Å². The maximum atomic E-state index is 12.7. The number of aromatic nitrogens is 3. The Balaban J connectivity index is 1.32. The van der Waals surface area contributed by atoms with Crippen molar-refractivity contribution in [2.24, 2.45) is 5.92 Å². The van der Waals surface area contributed by atoms with Crippen molar-refractivity contribution in [1.82, 2.24) is 20.0 Å². The average Bonchev–Trinajstić information content (AvgIpc) is 3.20. The molecule has 3 heterocycles. The van der Waals surface area contributed by atoms with Crippen molar-refractivity contribution in [2.75, 3.05) is 13.1 Å². The van der Waals surface area contributed by atoms with Crippen LogP contribution in [0.4, 0.5) is 0 Å². The number of nitrogens with zero attached hydrogens (tertiary/aromatic N) is 4. The molecule has 0 unspecified atom stereocenters. The highest BCUT2D eigenvalue weighted by Gasteiger charge is 2.28. The van der Waals surface area contributed by atoms with E-state index in [0.717, 1.165) is 25.1 Å². The number of carbonyl (C=O) groups is 1. The summed E-state index contributed by atoms with van der Waals surface area (Å²) in [7, 11) is 0. The van der Waals surface area contributed by atoms with Crippen LogP contribution in [0.15, 0.2) is 59.3 Å². The standard InChI is InChI=1S/C21H22N4O3/c26-21(18-10-4-5-11-22-18)16-7-6-12-25(13-16)14-20-23-19(24-28-20)15-27-17-8-2-1-3-9-17/h1-5,8-11,16H,6-7,12-15H2/t16-/m1/s1. The number of para-hydroxylation sites is 1. The van der Waals surface area contributed by atoms with Crippen LogP contribution < -0.4 is 4.74 Å². The second kappa shape index (κ2) is 8.75. The molecule has 1 fully saturated rings. The first-order valence-corrected chi connectivity index (χ1v) is 9.45. The third-order valence-corrected chi connectivity index (χ3v) is 4.77. The Labute approximate surface area is 163 Å². The van der Waals surface area contributed by atoms with Crippen LogP contribution in [0.2, 0.25) is 0 Å². The summed E-state index contributed by atoms with van der Waals surface area (Å²) < 4.78 is 11.0. The second-order valence-corrected chi connectivity index (χ2v) is 6.86. The quantitative estimate of drug-likeness (QED) is 0.584. The number of hydrogen-bond acceptors (Lipinski definition) is 7. The molecule has 0 N–H and O–H groups in total. The van der Waals surface area contributed by atoms with Crippen molar-refractivity contribution in [3.8, 4) is 5.75 Å². The molecule has 0 radical (unpaired) electrons. The van der Waals surface area contributed by atoms with Crippen molar-refractivity contribution >= 4 is 5.78 Å². The summed E-state index contributed by atoms with van der Waals surface area (Å²) in [4.78, 5) is 23.4. The largest absolute Gasteiger partial charge is 0.485 e. The van der Waals surface area contributed by atoms with Gasteiger partial charge in [-0.05, 0) is 43.7 Å². The van der Waals surface area contributed by atoms with Gasteiger partial charge in [0.15, 0.2) is 12.4 Å². The van der Waals surface area contributed by atoms with Gasteiger partial charge in [0.1, 0.15) is 11.4 Å². The number of benzene rings is 1. The summed E-state index contributed by atoms with van der Waals surface area (Å²) in [6.45, 7) is 2.37. The van der Waals surface area contributed by atoms with E-state index in [1.807, 2.05) is 42.5 Å². The molecule has 7 nitrogen and oxygen atoms in total. The van der Waals surface area contributed by atoms with Crippen molar-refractivity contribution in [3.05, 3.63) is 72.1 Å². The number of ketones is 1. The zero-order chi connectivity index (χ0) is 19.2. The van der Waals surface area contributed by atoms with Crippen molar-refractivity contribution in [1.29, 1.82) is 0 Å². The average molecular weight is 378 g/mol. The Kier molecular flexibility index (Phi) is 5.72. The van der Waals surface area contributed by atoms with Gasteiger partial charge < -0.3 is 9.26 Å². The minimum absolute atomic E-state index is 0.0487. The van der Waals surface area contributed by atoms with Crippen LogP contribution in [0.25, 0.3) is 0 Å². The SMILES string of the molecule is O=C(c1ccccn1)[C@@H]1CCCN(Cc2nc(COc3ccccc3)no2)C1. The Morgan fingerprint density at radius 2 is 2.04 bits per heavy atom. The Hall–Kier alpha value is -3.06. The normalized spacial score (nSPS) is 17.4. The van der Waals surface area contributed by atoms with Crippen LogP contribution in [0.1, 0.15) is 35.0 Å². The lowest BCUT2D eigenvalue weighted by Crippen LogP contribution is -2.38. The minimum Gasteiger partial charge on any atom is -0.485 e. The smallest absolute Gasteiger partial charge is 0.240 e. The highest BCUT2D eigenvalue weighted by Crippen LogP contribution is 2.21. The van der Waals surface area contributed by atoms with Crippen molar-refractivity contribution in [2.45, 2.75) is 26.0 Å². The molecule has 4 rings (SSSR count). The van der Waals surface area contributed by atoms with Crippen LogP contribution >= 0.6 is 0 Å². The number of ether oxygens (including phenoxy) is 1. The first kappa shape index (κ1) is 18.3. The van der Waals surface area contributed by atoms with Gasteiger partial charge in [0.05, 0.1) is 6.54 Å². The van der Waals surface area contributed by atoms with E-state index in [0.29, 0.717) is 30.5 Å². The molecule has 144 valence electrons. The molecular formula is C21H22N4O3. The number of hydrogen-bond donors (Lipinski definition) is 0. The first-order chi connectivity index (χ1) is 13.8. The monoisotopic (exact) mass is 378 g/mol. The van der Waals surface area contributed by atoms with Gasteiger partial charge in [-0.3, -0.25) is 14.7 Å². The minimum atomic E-state index is -0.0487. The van der Waals surface area contributed by atoms with E-state index < -0.39 is 0 Å². The summed E-state index contributed by atoms with van der Waals surface area (Å²) in [5.41, 5.74) is 0.535. The van der Waals surface area contributed by atoms with Crippen molar-refractivity contribution in [3.63, 3.8) is 0 Å². The molecule has 1 saturated heterocycles. The lowest BCUT2D eigenvalue weighted by atomic mass is 9.92. The number of pyridine rings is 1. The third-order valence-electron chi connectivity index (χ3n) is 4.77. The predicted molar refractivity (Wildman–Crippen MR) is 102 cm³/mol. The fourth-order valence-electron chi connectivity index (χ4n) is 3.40. The van der Waals surface area contributed by atoms with E-state index in [2.05, 4.69) is 20.0 Å². The number of Topliss-reactive ketones (excluding diaryl/α,β-unsaturated/α-hetero) is 1. The molecule has 0 bridgehead atoms. The molecule has 2 aromatic heterocycles. The van der Waals surface area contributed by atoms with E-state index in [4.69, 9.17) is 9.26 Å². The molecule has 1 aliphatic heterocycles. The van der Waals surface area contributed by atoms with E-state index >= 15 is 0 Å². The summed E-state index contributed by atoms with van der Waals surface area (Å²) in [5, 5.41) is 3.98. The lowest BCUT2D eigenvalue weighted by Gasteiger charge is -2.30. The fraction of sp³-hybridized carbons (Fsp3) is 0.333. The molecule has 0 saturated carbocycles. The highest BCUT2D eigenvalue weighted by molar-refractivity contribution is 5.96. The van der Waals surface area contributed by atoms with E-state index in [1.54, 1.807) is 12.3 Å². The second-order valence-electron chi connectivity index (χ2n) is 6.86. The summed E-state index contributed by atoms with van der Waals surface area (Å²) in [6.07, 6.45) is 3.50. The Bertz CT molecular complexity index is 898. The number of rotatable bonds is 7. The Morgan fingerprint density at radius 1 is 1.18 bits per heavy atom. The van der Waals surface area contributed by atoms with Gasteiger partial charge in [-0.15, -0.1) is 0 Å². The van der Waals surface area contributed by atoms with Crippen LogP contribution in [-0.4, -0.2) is 38.9 Å². The summed E-state index contributed by atoms with van der Waals surface area (Å²) >= 11 is 0. The number of piperidine rings is 1. The molecule has 0 amide bonds. The molecule has 7 heteroatoms. The topological polar surface area (TPSA) is 81.4 Å². The predicted octanol–water partition coefficient (Wildman–Crippen LogP) is 3.14. The van der Waals surface area contributed by atoms with Gasteiger partial charge in [-0.1, -0.05) is 29.4 Å². The fourth-order valence-corrected chi connectivity index (χ4v) is 3.40. The molecule has 1 aromatic carbocycles. The zero-order valence-electron chi connectivity index (χ0n) is 15.5. The van der Waals surface area contributed by atoms with Crippen LogP contribution in [0.3, 0.4) is 0 Å². The molecular weight excluding hydrogens is 356 g/mol. The summed E-state index contributed by atoms with van der Waals surface area (Å²) in [5.74, 6) is 1.87. The van der Waals surface area contributed by atoms with E-state index in [1.165, 1.54) is 0 Å². The van der Waals surface area contributed by atoms with Gasteiger partial charge in [-0.2, -0.15) is 4.98 Å². The highest BCUT2D eigenvalue weighted by atomic mass is 16.5. The van der Waals surface area contributed by atoms with Gasteiger partial charge in [0, 0.05) is 18.7 Å². The van der Waals surface area contributed by atoms with E-state index in [9.17, 15) is 4.79 Å².